The van der Waals surface area contributed by atoms with E-state index in [9.17, 15) is 0 Å². The number of benzene rings is 2. The Balaban J connectivity index is 2.15. The summed E-state index contributed by atoms with van der Waals surface area (Å²) in [4.78, 5) is 9.20. The molecule has 2 aromatic rings. The minimum atomic E-state index is -0.0476. The van der Waals surface area contributed by atoms with Crippen LogP contribution < -0.4 is 5.73 Å². The summed E-state index contributed by atoms with van der Waals surface area (Å²) >= 11 is 0. The number of para-hydroxylation sites is 2. The van der Waals surface area contributed by atoms with Crippen molar-refractivity contribution in [1.82, 2.24) is 0 Å². The predicted octanol–water partition coefficient (Wildman–Crippen LogP) is 3.57. The quantitative estimate of drug-likeness (QED) is 0.825. The van der Waals surface area contributed by atoms with Crippen molar-refractivity contribution in [1.29, 1.82) is 0 Å². The largest absolute Gasteiger partial charge is 0.386 e. The first kappa shape index (κ1) is 11.7. The Labute approximate surface area is 112 Å². The van der Waals surface area contributed by atoms with Crippen LogP contribution >= 0.6 is 0 Å². The molecule has 1 aliphatic rings. The van der Waals surface area contributed by atoms with Crippen LogP contribution in [-0.4, -0.2) is 11.5 Å². The zero-order valence-electron chi connectivity index (χ0n) is 10.7. The van der Waals surface area contributed by atoms with E-state index in [1.54, 1.807) is 0 Å². The van der Waals surface area contributed by atoms with Crippen LogP contribution in [0.15, 0.2) is 64.6 Å². The Morgan fingerprint density at radius 1 is 0.842 bits per heavy atom. The zero-order valence-corrected chi connectivity index (χ0v) is 10.7. The van der Waals surface area contributed by atoms with Crippen LogP contribution in [0.2, 0.25) is 0 Å². The Morgan fingerprint density at radius 3 is 2.11 bits per heavy atom. The molecule has 0 saturated heterocycles. The molecule has 0 saturated carbocycles. The summed E-state index contributed by atoms with van der Waals surface area (Å²) in [5, 5.41) is 0. The van der Waals surface area contributed by atoms with Gasteiger partial charge in [-0.2, -0.15) is 0 Å². The lowest BCUT2D eigenvalue weighted by Gasteiger charge is -2.15. The molecule has 19 heavy (non-hydrogen) atoms. The summed E-state index contributed by atoms with van der Waals surface area (Å²) in [6.07, 6.45) is 0. The van der Waals surface area contributed by atoms with Gasteiger partial charge in [-0.15, -0.1) is 0 Å². The fraction of sp³-hybridized carbons (Fsp3) is 0.125. The minimum absolute atomic E-state index is 0.0476. The van der Waals surface area contributed by atoms with E-state index in [-0.39, 0.29) is 5.92 Å². The van der Waals surface area contributed by atoms with E-state index in [1.807, 2.05) is 49.4 Å². The summed E-state index contributed by atoms with van der Waals surface area (Å²) in [5.74, 6) is 0.547. The molecule has 2 N–H and O–H groups in total. The average molecular weight is 249 g/mol. The van der Waals surface area contributed by atoms with Crippen LogP contribution in [0.5, 0.6) is 0 Å². The van der Waals surface area contributed by atoms with Crippen molar-refractivity contribution in [3.8, 4) is 0 Å². The first-order valence-corrected chi connectivity index (χ1v) is 6.29. The number of fused-ring (bicyclic) bond motifs is 1. The fourth-order valence-electron chi connectivity index (χ4n) is 2.38. The highest BCUT2D eigenvalue weighted by atomic mass is 14.9. The van der Waals surface area contributed by atoms with Gasteiger partial charge in [-0.1, -0.05) is 42.5 Å². The lowest BCUT2D eigenvalue weighted by molar-refractivity contribution is 1.16. The van der Waals surface area contributed by atoms with Crippen molar-refractivity contribution in [2.45, 2.75) is 12.8 Å². The van der Waals surface area contributed by atoms with E-state index in [2.05, 4.69) is 22.1 Å². The van der Waals surface area contributed by atoms with Crippen molar-refractivity contribution in [3.63, 3.8) is 0 Å². The predicted molar refractivity (Wildman–Crippen MR) is 79.7 cm³/mol. The minimum Gasteiger partial charge on any atom is -0.386 e. The molecule has 0 unspecified atom stereocenters. The fourth-order valence-corrected chi connectivity index (χ4v) is 2.38. The number of aliphatic imine (C=N–C) groups is 2. The van der Waals surface area contributed by atoms with E-state index in [1.165, 1.54) is 0 Å². The average Bonchev–Trinajstić information content (AvgIpc) is 2.54. The lowest BCUT2D eigenvalue weighted by atomic mass is 9.94. The van der Waals surface area contributed by atoms with E-state index >= 15 is 0 Å². The van der Waals surface area contributed by atoms with E-state index in [0.717, 1.165) is 22.6 Å². The van der Waals surface area contributed by atoms with E-state index < -0.39 is 0 Å². The Bertz CT molecular complexity index is 618. The molecule has 3 heteroatoms. The topological polar surface area (TPSA) is 50.7 Å². The summed E-state index contributed by atoms with van der Waals surface area (Å²) in [6.45, 7) is 2.00. The number of nitrogens with zero attached hydrogens (tertiary/aromatic N) is 2. The van der Waals surface area contributed by atoms with Gasteiger partial charge in [0.1, 0.15) is 5.84 Å². The Kier molecular flexibility index (Phi) is 2.88. The van der Waals surface area contributed by atoms with Gasteiger partial charge in [0.05, 0.1) is 17.3 Å². The van der Waals surface area contributed by atoms with Gasteiger partial charge in [0.2, 0.25) is 0 Å². The van der Waals surface area contributed by atoms with Crippen LogP contribution in [0.1, 0.15) is 18.4 Å². The molecule has 1 heterocycles. The molecule has 0 spiro atoms. The second-order valence-corrected chi connectivity index (χ2v) is 4.62. The third-order valence-electron chi connectivity index (χ3n) is 3.27. The van der Waals surface area contributed by atoms with Gasteiger partial charge in [0.25, 0.3) is 0 Å². The van der Waals surface area contributed by atoms with Crippen molar-refractivity contribution >= 4 is 22.9 Å². The molecule has 2 aromatic carbocycles. The van der Waals surface area contributed by atoms with Gasteiger partial charge < -0.3 is 5.73 Å². The van der Waals surface area contributed by atoms with Gasteiger partial charge in [-0.3, -0.25) is 4.99 Å². The van der Waals surface area contributed by atoms with Crippen molar-refractivity contribution in [2.75, 3.05) is 0 Å². The Morgan fingerprint density at radius 2 is 1.42 bits per heavy atom. The van der Waals surface area contributed by atoms with Crippen LogP contribution in [0.3, 0.4) is 0 Å². The molecule has 0 fully saturated rings. The van der Waals surface area contributed by atoms with E-state index in [0.29, 0.717) is 5.84 Å². The molecular formula is C16H15N3. The molecule has 1 atom stereocenters. The van der Waals surface area contributed by atoms with Gasteiger partial charge in [0.15, 0.2) is 0 Å². The molecule has 94 valence electrons. The molecule has 3 nitrogen and oxygen atoms in total. The smallest absolute Gasteiger partial charge is 0.113 e. The summed E-state index contributed by atoms with van der Waals surface area (Å²) in [6, 6.07) is 17.9. The van der Waals surface area contributed by atoms with Gasteiger partial charge in [0, 0.05) is 5.71 Å². The number of nitrogens with two attached hydrogens (primary N) is 1. The Hall–Kier alpha value is -2.42. The molecular weight excluding hydrogens is 234 g/mol. The van der Waals surface area contributed by atoms with Crippen LogP contribution in [0.25, 0.3) is 0 Å². The second-order valence-electron chi connectivity index (χ2n) is 4.62. The normalized spacial score (nSPS) is 18.1. The highest BCUT2D eigenvalue weighted by Gasteiger charge is 2.22. The highest BCUT2D eigenvalue weighted by Crippen LogP contribution is 2.33. The van der Waals surface area contributed by atoms with Crippen LogP contribution in [0, 0.1) is 0 Å². The maximum Gasteiger partial charge on any atom is 0.113 e. The third-order valence-corrected chi connectivity index (χ3v) is 3.27. The highest BCUT2D eigenvalue weighted by molar-refractivity contribution is 6.12. The SMILES string of the molecule is CC1=Nc2ccccc2N=C(N)[C@H]1c1ccccc1. The standard InChI is InChI=1S/C16H15N3/c1-11-15(12-7-3-2-4-8-12)16(17)19-14-10-6-5-9-13(14)18-11/h2-10,15H,1H3,(H2,17,19)/t15-/m1/s1. The monoisotopic (exact) mass is 249 g/mol. The summed E-state index contributed by atoms with van der Waals surface area (Å²) < 4.78 is 0. The molecule has 0 radical (unpaired) electrons. The molecule has 0 aliphatic carbocycles. The summed E-state index contributed by atoms with van der Waals surface area (Å²) in [7, 11) is 0. The number of rotatable bonds is 1. The molecule has 1 aliphatic heterocycles. The van der Waals surface area contributed by atoms with Crippen molar-refractivity contribution in [3.05, 3.63) is 60.2 Å². The van der Waals surface area contributed by atoms with Gasteiger partial charge in [-0.05, 0) is 24.6 Å². The van der Waals surface area contributed by atoms with Crippen molar-refractivity contribution in [2.24, 2.45) is 15.7 Å². The third kappa shape index (κ3) is 2.15. The van der Waals surface area contributed by atoms with Gasteiger partial charge >= 0.3 is 0 Å². The molecule has 0 bridgehead atoms. The maximum atomic E-state index is 6.19. The van der Waals surface area contributed by atoms with Crippen LogP contribution in [0.4, 0.5) is 11.4 Å². The van der Waals surface area contributed by atoms with E-state index in [4.69, 9.17) is 5.73 Å². The maximum absolute atomic E-state index is 6.19. The zero-order chi connectivity index (χ0) is 13.2. The molecule has 0 aromatic heterocycles. The number of hydrogen-bond donors (Lipinski definition) is 1. The molecule has 0 amide bonds. The number of amidine groups is 1. The van der Waals surface area contributed by atoms with Gasteiger partial charge in [-0.25, -0.2) is 4.99 Å². The van der Waals surface area contributed by atoms with Crippen molar-refractivity contribution < 1.29 is 0 Å². The first-order chi connectivity index (χ1) is 9.25. The first-order valence-electron chi connectivity index (χ1n) is 6.29. The second kappa shape index (κ2) is 4.69. The molecule has 3 rings (SSSR count). The lowest BCUT2D eigenvalue weighted by Crippen LogP contribution is -2.26. The number of hydrogen-bond acceptors (Lipinski definition) is 3. The summed E-state index contributed by atoms with van der Waals surface area (Å²) in [5.41, 5.74) is 9.99. The van der Waals surface area contributed by atoms with Crippen LogP contribution in [-0.2, 0) is 0 Å².